The lowest BCUT2D eigenvalue weighted by Crippen LogP contribution is -2.36. The number of rotatable bonds is 4. The van der Waals surface area contributed by atoms with E-state index >= 15 is 0 Å². The zero-order chi connectivity index (χ0) is 14.3. The van der Waals surface area contributed by atoms with Gasteiger partial charge in [-0.05, 0) is 43.3 Å². The van der Waals surface area contributed by atoms with E-state index in [1.807, 2.05) is 30.3 Å². The summed E-state index contributed by atoms with van der Waals surface area (Å²) in [7, 11) is 0. The van der Waals surface area contributed by atoms with Crippen LogP contribution in [0.5, 0.6) is 0 Å². The molecule has 1 aromatic rings. The Kier molecular flexibility index (Phi) is 5.41. The number of hydrogen-bond donors (Lipinski definition) is 2. The molecule has 1 aliphatic heterocycles. The molecule has 0 spiro atoms. The molecule has 1 saturated heterocycles. The van der Waals surface area contributed by atoms with Gasteiger partial charge in [-0.15, -0.1) is 0 Å². The molecule has 4 heteroatoms. The molecule has 0 aromatic heterocycles. The van der Waals surface area contributed by atoms with Crippen LogP contribution in [-0.2, 0) is 11.3 Å². The molecule has 1 heterocycles. The molecule has 1 unspecified atom stereocenters. The van der Waals surface area contributed by atoms with Crippen molar-refractivity contribution in [1.82, 2.24) is 10.6 Å². The van der Waals surface area contributed by atoms with Crippen LogP contribution in [0.15, 0.2) is 30.3 Å². The Morgan fingerprint density at radius 3 is 2.90 bits per heavy atom. The zero-order valence-corrected chi connectivity index (χ0v) is 12.2. The highest BCUT2D eigenvalue weighted by atomic mass is 16.5. The normalized spacial score (nSPS) is 22.9. The molecule has 0 radical (unpaired) electrons. The summed E-state index contributed by atoms with van der Waals surface area (Å²) >= 11 is 0. The van der Waals surface area contributed by atoms with E-state index in [1.54, 1.807) is 0 Å². The second-order valence-electron chi connectivity index (χ2n) is 5.83. The Hall–Kier alpha value is -1.55. The van der Waals surface area contributed by atoms with E-state index in [1.165, 1.54) is 0 Å². The molecule has 110 valence electrons. The van der Waals surface area contributed by atoms with Gasteiger partial charge in [-0.2, -0.15) is 0 Å². The van der Waals surface area contributed by atoms with Gasteiger partial charge in [-0.3, -0.25) is 0 Å². The van der Waals surface area contributed by atoms with Crippen LogP contribution in [0, 0.1) is 5.41 Å². The van der Waals surface area contributed by atoms with Gasteiger partial charge < -0.3 is 15.4 Å². The average Bonchev–Trinajstić information content (AvgIpc) is 2.69. The van der Waals surface area contributed by atoms with Crippen molar-refractivity contribution in [3.05, 3.63) is 35.9 Å². The van der Waals surface area contributed by atoms with E-state index in [9.17, 15) is 4.79 Å². The Labute approximate surface area is 120 Å². The minimum atomic E-state index is -0.327. The average molecular weight is 276 g/mol. The fraction of sp³-hybridized carbons (Fsp3) is 0.562. The topological polar surface area (TPSA) is 50.4 Å². The summed E-state index contributed by atoms with van der Waals surface area (Å²) < 4.78 is 5.23. The summed E-state index contributed by atoms with van der Waals surface area (Å²) in [6, 6.07) is 9.73. The molecular weight excluding hydrogens is 252 g/mol. The number of nitrogens with one attached hydrogen (secondary N) is 2. The fourth-order valence-corrected chi connectivity index (χ4v) is 2.52. The maximum Gasteiger partial charge on any atom is 0.407 e. The van der Waals surface area contributed by atoms with Crippen molar-refractivity contribution in [2.75, 3.05) is 19.6 Å². The standard InChI is InChI=1S/C16H24N2O2/c1-16(8-5-10-17-11-9-16)13-18-15(19)20-12-14-6-3-2-4-7-14/h2-4,6-7,17H,5,8-13H2,1H3,(H,18,19). The maximum atomic E-state index is 11.7. The molecule has 1 aliphatic rings. The van der Waals surface area contributed by atoms with Crippen LogP contribution in [0.25, 0.3) is 0 Å². The van der Waals surface area contributed by atoms with Gasteiger partial charge >= 0.3 is 6.09 Å². The Morgan fingerprint density at radius 1 is 1.30 bits per heavy atom. The van der Waals surface area contributed by atoms with Crippen LogP contribution >= 0.6 is 0 Å². The van der Waals surface area contributed by atoms with E-state index in [0.717, 1.165) is 37.9 Å². The van der Waals surface area contributed by atoms with E-state index in [2.05, 4.69) is 17.6 Å². The van der Waals surface area contributed by atoms with Gasteiger partial charge in [-0.1, -0.05) is 37.3 Å². The van der Waals surface area contributed by atoms with E-state index in [-0.39, 0.29) is 11.5 Å². The molecule has 1 atom stereocenters. The monoisotopic (exact) mass is 276 g/mol. The molecule has 0 aliphatic carbocycles. The number of ether oxygens (including phenoxy) is 1. The highest BCUT2D eigenvalue weighted by molar-refractivity contribution is 5.67. The van der Waals surface area contributed by atoms with Gasteiger partial charge in [0.25, 0.3) is 0 Å². The van der Waals surface area contributed by atoms with Crippen LogP contribution in [0.4, 0.5) is 4.79 Å². The first-order chi connectivity index (χ1) is 9.68. The Bertz CT molecular complexity index is 412. The van der Waals surface area contributed by atoms with Crippen LogP contribution in [-0.4, -0.2) is 25.7 Å². The summed E-state index contributed by atoms with van der Waals surface area (Å²) in [5, 5.41) is 6.29. The molecule has 2 rings (SSSR count). The van der Waals surface area contributed by atoms with Gasteiger partial charge in [0.15, 0.2) is 0 Å². The van der Waals surface area contributed by atoms with Crippen LogP contribution < -0.4 is 10.6 Å². The lowest BCUT2D eigenvalue weighted by Gasteiger charge is -2.27. The third-order valence-electron chi connectivity index (χ3n) is 3.91. The van der Waals surface area contributed by atoms with Crippen molar-refractivity contribution in [1.29, 1.82) is 0 Å². The van der Waals surface area contributed by atoms with Crippen molar-refractivity contribution < 1.29 is 9.53 Å². The minimum absolute atomic E-state index is 0.176. The zero-order valence-electron chi connectivity index (χ0n) is 12.2. The third-order valence-corrected chi connectivity index (χ3v) is 3.91. The number of carbonyl (C=O) groups excluding carboxylic acids is 1. The first kappa shape index (κ1) is 14.9. The molecular formula is C16H24N2O2. The fourth-order valence-electron chi connectivity index (χ4n) is 2.52. The highest BCUT2D eigenvalue weighted by Crippen LogP contribution is 2.27. The summed E-state index contributed by atoms with van der Waals surface area (Å²) in [6.07, 6.45) is 3.06. The molecule has 4 nitrogen and oxygen atoms in total. The molecule has 0 bridgehead atoms. The Balaban J connectivity index is 1.71. The second-order valence-corrected chi connectivity index (χ2v) is 5.83. The first-order valence-corrected chi connectivity index (χ1v) is 7.33. The minimum Gasteiger partial charge on any atom is -0.445 e. The van der Waals surface area contributed by atoms with Crippen molar-refractivity contribution in [3.63, 3.8) is 0 Å². The number of carbonyl (C=O) groups is 1. The van der Waals surface area contributed by atoms with Gasteiger partial charge in [0.05, 0.1) is 0 Å². The molecule has 1 aromatic carbocycles. The van der Waals surface area contributed by atoms with E-state index in [4.69, 9.17) is 4.74 Å². The quantitative estimate of drug-likeness (QED) is 0.889. The summed E-state index contributed by atoms with van der Waals surface area (Å²) in [4.78, 5) is 11.7. The number of hydrogen-bond acceptors (Lipinski definition) is 3. The summed E-state index contributed by atoms with van der Waals surface area (Å²) in [5.74, 6) is 0. The van der Waals surface area contributed by atoms with Gasteiger partial charge in [-0.25, -0.2) is 4.79 Å². The van der Waals surface area contributed by atoms with Gasteiger partial charge in [0, 0.05) is 6.54 Å². The van der Waals surface area contributed by atoms with Crippen molar-refractivity contribution in [3.8, 4) is 0 Å². The molecule has 20 heavy (non-hydrogen) atoms. The van der Waals surface area contributed by atoms with E-state index in [0.29, 0.717) is 13.2 Å². The largest absolute Gasteiger partial charge is 0.445 e. The highest BCUT2D eigenvalue weighted by Gasteiger charge is 2.26. The predicted octanol–water partition coefficient (Wildman–Crippen LogP) is 2.69. The summed E-state index contributed by atoms with van der Waals surface area (Å²) in [6.45, 7) is 5.34. The van der Waals surface area contributed by atoms with Crippen LogP contribution in [0.2, 0.25) is 0 Å². The maximum absolute atomic E-state index is 11.7. The second kappa shape index (κ2) is 7.29. The van der Waals surface area contributed by atoms with Crippen LogP contribution in [0.3, 0.4) is 0 Å². The van der Waals surface area contributed by atoms with Gasteiger partial charge in [0.1, 0.15) is 6.61 Å². The molecule has 1 amide bonds. The lowest BCUT2D eigenvalue weighted by molar-refractivity contribution is 0.132. The third kappa shape index (κ3) is 4.85. The predicted molar refractivity (Wildman–Crippen MR) is 79.5 cm³/mol. The summed E-state index contributed by atoms with van der Waals surface area (Å²) in [5.41, 5.74) is 1.18. The molecule has 1 fully saturated rings. The van der Waals surface area contributed by atoms with Crippen LogP contribution in [0.1, 0.15) is 31.7 Å². The number of alkyl carbamates (subject to hydrolysis) is 1. The number of benzene rings is 1. The van der Waals surface area contributed by atoms with Crippen molar-refractivity contribution >= 4 is 6.09 Å². The van der Waals surface area contributed by atoms with Crippen molar-refractivity contribution in [2.24, 2.45) is 5.41 Å². The SMILES string of the molecule is CC1(CNC(=O)OCc2ccccc2)CCCNCC1. The Morgan fingerprint density at radius 2 is 2.10 bits per heavy atom. The van der Waals surface area contributed by atoms with Gasteiger partial charge in [0.2, 0.25) is 0 Å². The molecule has 0 saturated carbocycles. The first-order valence-electron chi connectivity index (χ1n) is 7.33. The van der Waals surface area contributed by atoms with Crippen molar-refractivity contribution in [2.45, 2.75) is 32.8 Å². The molecule has 2 N–H and O–H groups in total. The number of amides is 1. The smallest absolute Gasteiger partial charge is 0.407 e. The lowest BCUT2D eigenvalue weighted by atomic mass is 9.83. The van der Waals surface area contributed by atoms with E-state index < -0.39 is 0 Å².